The molecule has 0 radical (unpaired) electrons. The van der Waals surface area contributed by atoms with E-state index in [-0.39, 0.29) is 30.3 Å². The molecule has 0 atom stereocenters. The van der Waals surface area contributed by atoms with E-state index in [0.717, 1.165) is 0 Å². The van der Waals surface area contributed by atoms with Crippen LogP contribution in [0.15, 0.2) is 24.3 Å². The van der Waals surface area contributed by atoms with E-state index in [1.165, 1.54) is 11.1 Å². The van der Waals surface area contributed by atoms with Gasteiger partial charge in [0.05, 0.1) is 6.54 Å². The quantitative estimate of drug-likeness (QED) is 0.863. The number of halogens is 1. The number of amides is 1. The fourth-order valence-corrected chi connectivity index (χ4v) is 1.56. The first-order valence-corrected chi connectivity index (χ1v) is 5.49. The van der Waals surface area contributed by atoms with Gasteiger partial charge in [0.1, 0.15) is 0 Å². The molecular weight excluding hydrogens is 236 g/mol. The van der Waals surface area contributed by atoms with Crippen molar-refractivity contribution in [3.8, 4) is 0 Å². The molecule has 0 spiro atoms. The number of benzene rings is 1. The average molecular weight is 257 g/mol. The van der Waals surface area contributed by atoms with E-state index in [1.54, 1.807) is 0 Å². The van der Waals surface area contributed by atoms with E-state index >= 15 is 0 Å². The number of rotatable bonds is 4. The van der Waals surface area contributed by atoms with Crippen molar-refractivity contribution in [3.63, 3.8) is 0 Å². The van der Waals surface area contributed by atoms with Crippen LogP contribution in [0.2, 0.25) is 0 Å². The predicted molar refractivity (Wildman–Crippen MR) is 73.5 cm³/mol. The number of hydrogen-bond donors (Lipinski definition) is 2. The van der Waals surface area contributed by atoms with Crippen molar-refractivity contribution in [1.29, 1.82) is 0 Å². The van der Waals surface area contributed by atoms with Crippen LogP contribution in [-0.2, 0) is 10.2 Å². The van der Waals surface area contributed by atoms with Crippen LogP contribution in [0.3, 0.4) is 0 Å². The molecule has 0 aliphatic carbocycles. The van der Waals surface area contributed by atoms with E-state index in [0.29, 0.717) is 6.54 Å². The van der Waals surface area contributed by atoms with Crippen molar-refractivity contribution in [2.45, 2.75) is 26.2 Å². The molecule has 3 nitrogen and oxygen atoms in total. The minimum absolute atomic E-state index is 0. The molecule has 1 aromatic carbocycles. The summed E-state index contributed by atoms with van der Waals surface area (Å²) in [6, 6.07) is 8.34. The van der Waals surface area contributed by atoms with Gasteiger partial charge in [-0.25, -0.2) is 0 Å². The predicted octanol–water partition coefficient (Wildman–Crippen LogP) is 1.77. The van der Waals surface area contributed by atoms with E-state index in [9.17, 15) is 4.79 Å². The lowest BCUT2D eigenvalue weighted by Crippen LogP contribution is -2.39. The van der Waals surface area contributed by atoms with Crippen LogP contribution in [-0.4, -0.2) is 19.0 Å². The second kappa shape index (κ2) is 6.62. The molecule has 0 aliphatic rings. The van der Waals surface area contributed by atoms with E-state index in [1.807, 2.05) is 6.07 Å². The van der Waals surface area contributed by atoms with Crippen LogP contribution >= 0.6 is 12.4 Å². The Kier molecular flexibility index (Phi) is 6.21. The molecule has 0 unspecified atom stereocenters. The van der Waals surface area contributed by atoms with Gasteiger partial charge in [0.2, 0.25) is 5.91 Å². The Morgan fingerprint density at radius 1 is 1.41 bits per heavy atom. The van der Waals surface area contributed by atoms with Crippen molar-refractivity contribution in [2.24, 2.45) is 5.73 Å². The molecule has 0 aromatic heterocycles. The van der Waals surface area contributed by atoms with Crippen LogP contribution in [0.5, 0.6) is 0 Å². The van der Waals surface area contributed by atoms with Gasteiger partial charge in [0, 0.05) is 12.0 Å². The van der Waals surface area contributed by atoms with Crippen molar-refractivity contribution in [2.75, 3.05) is 13.1 Å². The van der Waals surface area contributed by atoms with Gasteiger partial charge < -0.3 is 11.1 Å². The van der Waals surface area contributed by atoms with Gasteiger partial charge in [0.15, 0.2) is 0 Å². The van der Waals surface area contributed by atoms with E-state index < -0.39 is 0 Å². The lowest BCUT2D eigenvalue weighted by molar-refractivity contribution is -0.119. The number of carbonyl (C=O) groups is 1. The molecule has 0 saturated carbocycles. The van der Waals surface area contributed by atoms with Gasteiger partial charge in [-0.1, -0.05) is 43.7 Å². The van der Waals surface area contributed by atoms with Gasteiger partial charge in [-0.2, -0.15) is 0 Å². The first kappa shape index (κ1) is 15.9. The second-order valence-electron chi connectivity index (χ2n) is 4.73. The molecule has 0 aliphatic heterocycles. The van der Waals surface area contributed by atoms with E-state index in [4.69, 9.17) is 5.73 Å². The summed E-state index contributed by atoms with van der Waals surface area (Å²) in [5.74, 6) is -0.110. The molecule has 0 bridgehead atoms. The van der Waals surface area contributed by atoms with Gasteiger partial charge in [-0.3, -0.25) is 4.79 Å². The normalized spacial score (nSPS) is 10.6. The van der Waals surface area contributed by atoms with Crippen LogP contribution in [0.4, 0.5) is 0 Å². The lowest BCUT2D eigenvalue weighted by Gasteiger charge is -2.26. The number of nitrogens with one attached hydrogen (secondary N) is 1. The Labute approximate surface area is 109 Å². The third kappa shape index (κ3) is 4.75. The molecular formula is C13H21ClN2O. The summed E-state index contributed by atoms with van der Waals surface area (Å²) in [6.45, 7) is 6.94. The van der Waals surface area contributed by atoms with Crippen LogP contribution in [0.25, 0.3) is 0 Å². The van der Waals surface area contributed by atoms with Gasteiger partial charge >= 0.3 is 0 Å². The summed E-state index contributed by atoms with van der Waals surface area (Å²) in [6.07, 6.45) is 0. The Balaban J connectivity index is 0.00000256. The smallest absolute Gasteiger partial charge is 0.233 e. The highest BCUT2D eigenvalue weighted by Gasteiger charge is 2.20. The van der Waals surface area contributed by atoms with Crippen LogP contribution in [0, 0.1) is 6.92 Å². The highest BCUT2D eigenvalue weighted by Crippen LogP contribution is 2.22. The Morgan fingerprint density at radius 3 is 2.59 bits per heavy atom. The number of aryl methyl sites for hydroxylation is 1. The number of nitrogens with two attached hydrogens (primary N) is 1. The topological polar surface area (TPSA) is 55.1 Å². The fourth-order valence-electron chi connectivity index (χ4n) is 1.56. The molecule has 17 heavy (non-hydrogen) atoms. The maximum absolute atomic E-state index is 11.1. The molecule has 1 aromatic rings. The van der Waals surface area contributed by atoms with Crippen molar-refractivity contribution in [3.05, 3.63) is 35.4 Å². The Morgan fingerprint density at radius 2 is 2.06 bits per heavy atom. The van der Waals surface area contributed by atoms with Gasteiger partial charge in [0.25, 0.3) is 0 Å². The van der Waals surface area contributed by atoms with Crippen LogP contribution < -0.4 is 11.1 Å². The molecule has 3 N–H and O–H groups in total. The first-order valence-electron chi connectivity index (χ1n) is 5.49. The third-order valence-corrected chi connectivity index (χ3v) is 2.71. The summed E-state index contributed by atoms with van der Waals surface area (Å²) in [5, 5.41) is 2.83. The summed E-state index contributed by atoms with van der Waals surface area (Å²) >= 11 is 0. The zero-order valence-corrected chi connectivity index (χ0v) is 11.4. The Bertz CT molecular complexity index is 377. The maximum Gasteiger partial charge on any atom is 0.233 e. The van der Waals surface area contributed by atoms with Crippen molar-refractivity contribution < 1.29 is 4.79 Å². The second-order valence-corrected chi connectivity index (χ2v) is 4.73. The van der Waals surface area contributed by atoms with Crippen molar-refractivity contribution in [1.82, 2.24) is 5.32 Å². The number of carbonyl (C=O) groups excluding carboxylic acids is 1. The molecule has 1 amide bonds. The molecule has 4 heteroatoms. The minimum Gasteiger partial charge on any atom is -0.354 e. The monoisotopic (exact) mass is 256 g/mol. The lowest BCUT2D eigenvalue weighted by atomic mass is 9.84. The zero-order valence-electron chi connectivity index (χ0n) is 10.6. The molecule has 1 rings (SSSR count). The van der Waals surface area contributed by atoms with Crippen LogP contribution in [0.1, 0.15) is 25.0 Å². The van der Waals surface area contributed by atoms with Gasteiger partial charge in [-0.15, -0.1) is 12.4 Å². The highest BCUT2D eigenvalue weighted by atomic mass is 35.5. The molecule has 0 heterocycles. The summed E-state index contributed by atoms with van der Waals surface area (Å²) in [5.41, 5.74) is 7.64. The maximum atomic E-state index is 11.1. The zero-order chi connectivity index (χ0) is 12.2. The standard InChI is InChI=1S/C13H20N2O.ClH/c1-10-5-4-6-11(7-10)13(2,3)9-15-12(16)8-14;/h4-7H,8-9,14H2,1-3H3,(H,15,16);1H. The Hall–Kier alpha value is -1.06. The van der Waals surface area contributed by atoms with E-state index in [2.05, 4.69) is 44.3 Å². The third-order valence-electron chi connectivity index (χ3n) is 2.71. The van der Waals surface area contributed by atoms with Crippen molar-refractivity contribution >= 4 is 18.3 Å². The first-order chi connectivity index (χ1) is 7.45. The summed E-state index contributed by atoms with van der Waals surface area (Å²) in [4.78, 5) is 11.1. The molecule has 0 saturated heterocycles. The van der Waals surface area contributed by atoms with Gasteiger partial charge in [-0.05, 0) is 12.5 Å². The fraction of sp³-hybridized carbons (Fsp3) is 0.462. The molecule has 0 fully saturated rings. The largest absolute Gasteiger partial charge is 0.354 e. The minimum atomic E-state index is -0.110. The SMILES string of the molecule is Cc1cccc(C(C)(C)CNC(=O)CN)c1.Cl. The highest BCUT2D eigenvalue weighted by molar-refractivity contribution is 5.85. The number of hydrogen-bond acceptors (Lipinski definition) is 2. The molecule has 96 valence electrons. The summed E-state index contributed by atoms with van der Waals surface area (Å²) in [7, 11) is 0. The summed E-state index contributed by atoms with van der Waals surface area (Å²) < 4.78 is 0. The average Bonchev–Trinajstić information content (AvgIpc) is 2.26.